The van der Waals surface area contributed by atoms with Crippen molar-refractivity contribution < 1.29 is 0 Å². The molecule has 0 spiro atoms. The standard InChI is InChI=1S/C14H27N3S/c1-18-13-9-7-12(8-10-13)17-14(15)16-11-5-3-2-4-6-11/h11-13H,2-10H2,1H3,(H3,15,16,17). The van der Waals surface area contributed by atoms with E-state index in [1.54, 1.807) is 0 Å². The highest BCUT2D eigenvalue weighted by atomic mass is 32.2. The Labute approximate surface area is 115 Å². The van der Waals surface area contributed by atoms with Crippen LogP contribution in [0.1, 0.15) is 57.8 Å². The Morgan fingerprint density at radius 3 is 2.33 bits per heavy atom. The molecule has 0 radical (unpaired) electrons. The maximum absolute atomic E-state index is 6.04. The van der Waals surface area contributed by atoms with E-state index in [4.69, 9.17) is 5.73 Å². The molecule has 0 unspecified atom stereocenters. The van der Waals surface area contributed by atoms with Gasteiger partial charge in [0.1, 0.15) is 0 Å². The zero-order valence-corrected chi connectivity index (χ0v) is 12.3. The molecule has 0 amide bonds. The molecule has 3 N–H and O–H groups in total. The molecular weight excluding hydrogens is 242 g/mol. The third-order valence-electron chi connectivity index (χ3n) is 4.26. The Balaban J connectivity index is 1.74. The number of hydrogen-bond donors (Lipinski definition) is 2. The molecule has 0 saturated heterocycles. The molecule has 0 aromatic heterocycles. The van der Waals surface area contributed by atoms with Gasteiger partial charge >= 0.3 is 0 Å². The van der Waals surface area contributed by atoms with Crippen LogP contribution in [0.3, 0.4) is 0 Å². The van der Waals surface area contributed by atoms with E-state index in [-0.39, 0.29) is 0 Å². The number of nitrogens with zero attached hydrogens (tertiary/aromatic N) is 1. The molecule has 0 aromatic rings. The van der Waals surface area contributed by atoms with Crippen LogP contribution < -0.4 is 11.1 Å². The zero-order chi connectivity index (χ0) is 12.8. The van der Waals surface area contributed by atoms with E-state index >= 15 is 0 Å². The minimum absolute atomic E-state index is 0.462. The minimum atomic E-state index is 0.462. The lowest BCUT2D eigenvalue weighted by Gasteiger charge is -2.27. The predicted octanol–water partition coefficient (Wildman–Crippen LogP) is 2.90. The summed E-state index contributed by atoms with van der Waals surface area (Å²) in [7, 11) is 0. The molecule has 0 atom stereocenters. The summed E-state index contributed by atoms with van der Waals surface area (Å²) in [6.07, 6.45) is 13.8. The normalized spacial score (nSPS) is 31.3. The van der Waals surface area contributed by atoms with Crippen LogP contribution in [0.5, 0.6) is 0 Å². The number of guanidine groups is 1. The third kappa shape index (κ3) is 4.38. The van der Waals surface area contributed by atoms with Crippen molar-refractivity contribution >= 4 is 17.7 Å². The number of thioether (sulfide) groups is 1. The number of nitrogens with one attached hydrogen (secondary N) is 1. The van der Waals surface area contributed by atoms with Crippen LogP contribution in [0.2, 0.25) is 0 Å². The summed E-state index contributed by atoms with van der Waals surface area (Å²) < 4.78 is 0. The summed E-state index contributed by atoms with van der Waals surface area (Å²) >= 11 is 2.00. The van der Waals surface area contributed by atoms with Crippen molar-refractivity contribution in [3.05, 3.63) is 0 Å². The van der Waals surface area contributed by atoms with E-state index < -0.39 is 0 Å². The predicted molar refractivity (Wildman–Crippen MR) is 81.2 cm³/mol. The van der Waals surface area contributed by atoms with Crippen molar-refractivity contribution in [2.75, 3.05) is 6.26 Å². The van der Waals surface area contributed by atoms with Crippen molar-refractivity contribution in [1.29, 1.82) is 0 Å². The van der Waals surface area contributed by atoms with Gasteiger partial charge in [-0.05, 0) is 44.8 Å². The Bertz CT molecular complexity index is 266. The topological polar surface area (TPSA) is 50.4 Å². The molecule has 3 nitrogen and oxygen atoms in total. The maximum Gasteiger partial charge on any atom is 0.189 e. The summed E-state index contributed by atoms with van der Waals surface area (Å²) in [5.41, 5.74) is 6.04. The van der Waals surface area contributed by atoms with Gasteiger partial charge in [0.05, 0.1) is 6.04 Å². The molecule has 104 valence electrons. The number of nitrogens with two attached hydrogens (primary N) is 1. The van der Waals surface area contributed by atoms with Gasteiger partial charge in [0, 0.05) is 11.3 Å². The van der Waals surface area contributed by atoms with Crippen LogP contribution >= 0.6 is 11.8 Å². The second-order valence-electron chi connectivity index (χ2n) is 5.66. The lowest BCUT2D eigenvalue weighted by Crippen LogP contribution is -2.42. The lowest BCUT2D eigenvalue weighted by atomic mass is 9.95. The van der Waals surface area contributed by atoms with Gasteiger partial charge in [-0.2, -0.15) is 11.8 Å². The van der Waals surface area contributed by atoms with Crippen molar-refractivity contribution in [2.24, 2.45) is 10.7 Å². The Morgan fingerprint density at radius 2 is 1.72 bits per heavy atom. The van der Waals surface area contributed by atoms with Crippen molar-refractivity contribution in [2.45, 2.75) is 75.1 Å². The molecule has 2 fully saturated rings. The van der Waals surface area contributed by atoms with Crippen molar-refractivity contribution in [3.8, 4) is 0 Å². The highest BCUT2D eigenvalue weighted by Crippen LogP contribution is 2.28. The van der Waals surface area contributed by atoms with Gasteiger partial charge in [-0.1, -0.05) is 19.3 Å². The van der Waals surface area contributed by atoms with Crippen LogP contribution in [-0.4, -0.2) is 29.5 Å². The molecule has 2 rings (SSSR count). The zero-order valence-electron chi connectivity index (χ0n) is 11.5. The fourth-order valence-electron chi connectivity index (χ4n) is 3.10. The average molecular weight is 269 g/mol. The highest BCUT2D eigenvalue weighted by molar-refractivity contribution is 7.99. The molecular formula is C14H27N3S. The van der Waals surface area contributed by atoms with E-state index in [1.807, 2.05) is 11.8 Å². The molecule has 0 aliphatic heterocycles. The average Bonchev–Trinajstić information content (AvgIpc) is 2.40. The van der Waals surface area contributed by atoms with Crippen LogP contribution in [0.15, 0.2) is 4.99 Å². The summed E-state index contributed by atoms with van der Waals surface area (Å²) in [6, 6.07) is 1.04. The molecule has 0 bridgehead atoms. The number of rotatable bonds is 3. The lowest BCUT2D eigenvalue weighted by molar-refractivity contribution is 0.408. The van der Waals surface area contributed by atoms with Gasteiger partial charge in [-0.15, -0.1) is 0 Å². The fourth-order valence-corrected chi connectivity index (χ4v) is 3.84. The molecule has 0 aromatic carbocycles. The summed E-state index contributed by atoms with van der Waals surface area (Å²) in [4.78, 5) is 4.67. The molecule has 2 aliphatic carbocycles. The fraction of sp³-hybridized carbons (Fsp3) is 0.929. The molecule has 0 heterocycles. The summed E-state index contributed by atoms with van der Waals surface area (Å²) in [6.45, 7) is 0. The first-order chi connectivity index (χ1) is 8.78. The van der Waals surface area contributed by atoms with Crippen LogP contribution in [0.25, 0.3) is 0 Å². The first-order valence-corrected chi connectivity index (χ1v) is 8.69. The van der Waals surface area contributed by atoms with E-state index in [9.17, 15) is 0 Å². The van der Waals surface area contributed by atoms with Gasteiger partial charge in [-0.25, -0.2) is 0 Å². The van der Waals surface area contributed by atoms with Crippen LogP contribution in [0.4, 0.5) is 0 Å². The van der Waals surface area contributed by atoms with E-state index in [0.717, 1.165) is 5.25 Å². The Hall–Kier alpha value is -0.380. The van der Waals surface area contributed by atoms with Crippen LogP contribution in [0, 0.1) is 0 Å². The second-order valence-corrected chi connectivity index (χ2v) is 6.80. The first-order valence-electron chi connectivity index (χ1n) is 7.40. The largest absolute Gasteiger partial charge is 0.370 e. The Kier molecular flexibility index (Phi) is 5.67. The Morgan fingerprint density at radius 1 is 1.06 bits per heavy atom. The highest BCUT2D eigenvalue weighted by Gasteiger charge is 2.20. The van der Waals surface area contributed by atoms with Crippen molar-refractivity contribution in [1.82, 2.24) is 5.32 Å². The van der Waals surface area contributed by atoms with Crippen molar-refractivity contribution in [3.63, 3.8) is 0 Å². The third-order valence-corrected chi connectivity index (χ3v) is 5.39. The first kappa shape index (κ1) is 14.0. The number of aliphatic imine (C=N–C) groups is 1. The van der Waals surface area contributed by atoms with Crippen LogP contribution in [-0.2, 0) is 0 Å². The SMILES string of the molecule is CSC1CCC(N=C(N)NC2CCCCC2)CC1. The van der Waals surface area contributed by atoms with E-state index in [1.165, 1.54) is 57.8 Å². The molecule has 18 heavy (non-hydrogen) atoms. The van der Waals surface area contributed by atoms with Gasteiger partial charge in [-0.3, -0.25) is 4.99 Å². The quantitative estimate of drug-likeness (QED) is 0.612. The van der Waals surface area contributed by atoms with Gasteiger partial charge in [0.2, 0.25) is 0 Å². The van der Waals surface area contributed by atoms with Gasteiger partial charge < -0.3 is 11.1 Å². The molecule has 2 aliphatic rings. The molecule has 4 heteroatoms. The molecule has 2 saturated carbocycles. The number of hydrogen-bond acceptors (Lipinski definition) is 2. The smallest absolute Gasteiger partial charge is 0.189 e. The van der Waals surface area contributed by atoms with Gasteiger partial charge in [0.15, 0.2) is 5.96 Å². The minimum Gasteiger partial charge on any atom is -0.370 e. The summed E-state index contributed by atoms with van der Waals surface area (Å²) in [5.74, 6) is 0.689. The summed E-state index contributed by atoms with van der Waals surface area (Å²) in [5, 5.41) is 4.26. The monoisotopic (exact) mass is 269 g/mol. The van der Waals surface area contributed by atoms with E-state index in [2.05, 4.69) is 16.6 Å². The van der Waals surface area contributed by atoms with Gasteiger partial charge in [0.25, 0.3) is 0 Å². The maximum atomic E-state index is 6.04. The van der Waals surface area contributed by atoms with E-state index in [0.29, 0.717) is 18.0 Å². The second kappa shape index (κ2) is 7.27.